The predicted molar refractivity (Wildman–Crippen MR) is 99.9 cm³/mol. The van der Waals surface area contributed by atoms with Gasteiger partial charge in [-0.1, -0.05) is 37.6 Å². The second kappa shape index (κ2) is 10.5. The summed E-state index contributed by atoms with van der Waals surface area (Å²) in [4.78, 5) is 26.3. The number of ketones is 1. The standard InChI is InChI=1S/C19H28N2O2.ClH/c1-3-4-5-16-6-8-17(9-7-16)18(22)10-11-19(23)21-13-12-20-15(2)14-21;/h6-9,15,20H,3-5,10-14H2,1-2H3;1H. The molecule has 1 saturated heterocycles. The molecule has 1 aliphatic rings. The number of benzene rings is 1. The van der Waals surface area contributed by atoms with E-state index in [1.165, 1.54) is 18.4 Å². The molecular weight excluding hydrogens is 324 g/mol. The molecule has 1 aromatic carbocycles. The van der Waals surface area contributed by atoms with Crippen molar-refractivity contribution in [3.8, 4) is 0 Å². The topological polar surface area (TPSA) is 49.4 Å². The first-order valence-corrected chi connectivity index (χ1v) is 8.73. The maximum Gasteiger partial charge on any atom is 0.223 e. The fraction of sp³-hybridized carbons (Fsp3) is 0.579. The van der Waals surface area contributed by atoms with E-state index in [2.05, 4.69) is 19.2 Å². The highest BCUT2D eigenvalue weighted by molar-refractivity contribution is 5.98. The Kier molecular flexibility index (Phi) is 9.01. The van der Waals surface area contributed by atoms with Crippen LogP contribution in [0, 0.1) is 0 Å². The zero-order valence-corrected chi connectivity index (χ0v) is 15.5. The first-order chi connectivity index (χ1) is 11.1. The number of piperazine rings is 1. The number of nitrogens with zero attached hydrogens (tertiary/aromatic N) is 1. The SMILES string of the molecule is CCCCc1ccc(C(=O)CCC(=O)N2CCNC(C)C2)cc1.Cl. The summed E-state index contributed by atoms with van der Waals surface area (Å²) in [7, 11) is 0. The third-order valence-electron chi connectivity index (χ3n) is 4.38. The van der Waals surface area contributed by atoms with Gasteiger partial charge in [0.1, 0.15) is 0 Å². The second-order valence-corrected chi connectivity index (χ2v) is 6.42. The molecule has 0 saturated carbocycles. The minimum Gasteiger partial charge on any atom is -0.340 e. The van der Waals surface area contributed by atoms with Gasteiger partial charge in [-0.3, -0.25) is 9.59 Å². The zero-order chi connectivity index (χ0) is 16.7. The lowest BCUT2D eigenvalue weighted by Gasteiger charge is -2.31. The van der Waals surface area contributed by atoms with Crippen LogP contribution in [0.25, 0.3) is 0 Å². The molecular formula is C19H29ClN2O2. The number of nitrogens with one attached hydrogen (secondary N) is 1. The number of unbranched alkanes of at least 4 members (excludes halogenated alkanes) is 1. The molecule has 1 atom stereocenters. The summed E-state index contributed by atoms with van der Waals surface area (Å²) in [6.07, 6.45) is 4.01. The molecule has 0 radical (unpaired) electrons. The van der Waals surface area contributed by atoms with Gasteiger partial charge in [0.25, 0.3) is 0 Å². The van der Waals surface area contributed by atoms with Gasteiger partial charge in [0.05, 0.1) is 0 Å². The van der Waals surface area contributed by atoms with E-state index in [1.807, 2.05) is 29.2 Å². The van der Waals surface area contributed by atoms with Crippen molar-refractivity contribution in [1.82, 2.24) is 10.2 Å². The van der Waals surface area contributed by atoms with Crippen molar-refractivity contribution in [2.24, 2.45) is 0 Å². The lowest BCUT2D eigenvalue weighted by molar-refractivity contribution is -0.132. The van der Waals surface area contributed by atoms with Gasteiger partial charge in [-0.05, 0) is 25.3 Å². The van der Waals surface area contributed by atoms with Gasteiger partial charge in [-0.25, -0.2) is 0 Å². The van der Waals surface area contributed by atoms with Gasteiger partial charge in [0.15, 0.2) is 5.78 Å². The molecule has 1 N–H and O–H groups in total. The molecule has 1 unspecified atom stereocenters. The van der Waals surface area contributed by atoms with Crippen molar-refractivity contribution in [1.29, 1.82) is 0 Å². The van der Waals surface area contributed by atoms with Crippen LogP contribution in [0.1, 0.15) is 55.5 Å². The van der Waals surface area contributed by atoms with E-state index in [0.29, 0.717) is 24.4 Å². The third kappa shape index (κ3) is 6.25. The van der Waals surface area contributed by atoms with E-state index >= 15 is 0 Å². The molecule has 134 valence electrons. The first kappa shape index (κ1) is 20.7. The number of carbonyl (C=O) groups is 2. The van der Waals surface area contributed by atoms with Crippen LogP contribution < -0.4 is 5.32 Å². The molecule has 24 heavy (non-hydrogen) atoms. The lowest BCUT2D eigenvalue weighted by atomic mass is 10.0. The van der Waals surface area contributed by atoms with Crippen LogP contribution >= 0.6 is 12.4 Å². The van der Waals surface area contributed by atoms with E-state index in [-0.39, 0.29) is 24.1 Å². The number of halogens is 1. The van der Waals surface area contributed by atoms with Crippen molar-refractivity contribution < 1.29 is 9.59 Å². The normalized spacial score (nSPS) is 17.2. The van der Waals surface area contributed by atoms with E-state index in [0.717, 1.165) is 26.1 Å². The molecule has 1 aliphatic heterocycles. The van der Waals surface area contributed by atoms with E-state index in [9.17, 15) is 9.59 Å². The average Bonchev–Trinajstić information content (AvgIpc) is 2.58. The third-order valence-corrected chi connectivity index (χ3v) is 4.38. The van der Waals surface area contributed by atoms with Crippen LogP contribution in [-0.2, 0) is 11.2 Å². The summed E-state index contributed by atoms with van der Waals surface area (Å²) in [5.74, 6) is 0.148. The fourth-order valence-electron chi connectivity index (χ4n) is 2.92. The summed E-state index contributed by atoms with van der Waals surface area (Å²) < 4.78 is 0. The Balaban J connectivity index is 0.00000288. The molecule has 1 heterocycles. The molecule has 0 aromatic heterocycles. The smallest absolute Gasteiger partial charge is 0.223 e. The molecule has 0 aliphatic carbocycles. The Morgan fingerprint density at radius 2 is 1.92 bits per heavy atom. The summed E-state index contributed by atoms with van der Waals surface area (Å²) in [5, 5.41) is 3.32. The fourth-order valence-corrected chi connectivity index (χ4v) is 2.92. The molecule has 1 aromatic rings. The van der Waals surface area contributed by atoms with Crippen molar-refractivity contribution >= 4 is 24.1 Å². The van der Waals surface area contributed by atoms with E-state index in [4.69, 9.17) is 0 Å². The van der Waals surface area contributed by atoms with Crippen LogP contribution in [0.2, 0.25) is 0 Å². The molecule has 1 fully saturated rings. The highest BCUT2D eigenvalue weighted by Gasteiger charge is 2.20. The Bertz CT molecular complexity index is 531. The Morgan fingerprint density at radius 3 is 2.54 bits per heavy atom. The summed E-state index contributed by atoms with van der Waals surface area (Å²) in [5.41, 5.74) is 1.99. The molecule has 4 nitrogen and oxygen atoms in total. The number of amides is 1. The second-order valence-electron chi connectivity index (χ2n) is 6.42. The van der Waals surface area contributed by atoms with Crippen LogP contribution in [0.3, 0.4) is 0 Å². The van der Waals surface area contributed by atoms with Crippen molar-refractivity contribution in [3.05, 3.63) is 35.4 Å². The maximum absolute atomic E-state index is 12.2. The highest BCUT2D eigenvalue weighted by atomic mass is 35.5. The van der Waals surface area contributed by atoms with Gasteiger partial charge in [0.2, 0.25) is 5.91 Å². The van der Waals surface area contributed by atoms with Gasteiger partial charge in [-0.2, -0.15) is 0 Å². The minimum absolute atomic E-state index is 0. The monoisotopic (exact) mass is 352 g/mol. The number of carbonyl (C=O) groups excluding carboxylic acids is 2. The summed E-state index contributed by atoms with van der Waals surface area (Å²) in [6.45, 7) is 6.56. The quantitative estimate of drug-likeness (QED) is 0.766. The number of rotatable bonds is 7. The van der Waals surface area contributed by atoms with E-state index in [1.54, 1.807) is 0 Å². The number of aryl methyl sites for hydroxylation is 1. The van der Waals surface area contributed by atoms with Crippen LogP contribution in [-0.4, -0.2) is 42.3 Å². The lowest BCUT2D eigenvalue weighted by Crippen LogP contribution is -2.51. The summed E-state index contributed by atoms with van der Waals surface area (Å²) in [6, 6.07) is 8.18. The minimum atomic E-state index is 0. The van der Waals surface area contributed by atoms with Gasteiger partial charge < -0.3 is 10.2 Å². The summed E-state index contributed by atoms with van der Waals surface area (Å²) >= 11 is 0. The van der Waals surface area contributed by atoms with Crippen molar-refractivity contribution in [2.45, 2.75) is 52.0 Å². The maximum atomic E-state index is 12.2. The molecule has 0 spiro atoms. The van der Waals surface area contributed by atoms with Crippen molar-refractivity contribution in [3.63, 3.8) is 0 Å². The Labute approximate surface area is 151 Å². The van der Waals surface area contributed by atoms with Crippen LogP contribution in [0.15, 0.2) is 24.3 Å². The Hall–Kier alpha value is -1.39. The number of Topliss-reactive ketones (excluding diaryl/α,β-unsaturated/α-hetero) is 1. The van der Waals surface area contributed by atoms with Crippen LogP contribution in [0.5, 0.6) is 0 Å². The average molecular weight is 353 g/mol. The molecule has 2 rings (SSSR count). The van der Waals surface area contributed by atoms with Gasteiger partial charge >= 0.3 is 0 Å². The number of hydrogen-bond acceptors (Lipinski definition) is 3. The van der Waals surface area contributed by atoms with Gasteiger partial charge in [0, 0.05) is 44.1 Å². The molecule has 1 amide bonds. The Morgan fingerprint density at radius 1 is 1.21 bits per heavy atom. The number of hydrogen-bond donors (Lipinski definition) is 1. The zero-order valence-electron chi connectivity index (χ0n) is 14.7. The van der Waals surface area contributed by atoms with Gasteiger partial charge in [-0.15, -0.1) is 12.4 Å². The first-order valence-electron chi connectivity index (χ1n) is 8.73. The van der Waals surface area contributed by atoms with E-state index < -0.39 is 0 Å². The molecule has 5 heteroatoms. The predicted octanol–water partition coefficient (Wildman–Crippen LogP) is 3.23. The largest absolute Gasteiger partial charge is 0.340 e. The van der Waals surface area contributed by atoms with Crippen molar-refractivity contribution in [2.75, 3.05) is 19.6 Å². The highest BCUT2D eigenvalue weighted by Crippen LogP contribution is 2.12. The van der Waals surface area contributed by atoms with Crippen LogP contribution in [0.4, 0.5) is 0 Å². The molecule has 0 bridgehead atoms.